The van der Waals surface area contributed by atoms with Gasteiger partial charge in [0, 0.05) is 18.9 Å². The molecule has 25 heavy (non-hydrogen) atoms. The smallest absolute Gasteiger partial charge is 0.250 e. The molecule has 3 aromatic heterocycles. The number of anilines is 1. The Bertz CT molecular complexity index is 1110. The maximum atomic E-state index is 12.1. The molecule has 3 rings (SSSR count). The fourth-order valence-corrected chi connectivity index (χ4v) is 6.21. The molecule has 0 amide bonds. The minimum atomic E-state index is -3.72. The Balaban J connectivity index is 1.61. The summed E-state index contributed by atoms with van der Waals surface area (Å²) in [6.45, 7) is -0.234. The van der Waals surface area contributed by atoms with Crippen molar-refractivity contribution in [3.63, 3.8) is 0 Å². The number of sulfonamides is 2. The number of nitrogens with one attached hydrogen (secondary N) is 2. The topological polar surface area (TPSA) is 110 Å². The van der Waals surface area contributed by atoms with Crippen LogP contribution in [0.1, 0.15) is 0 Å². The van der Waals surface area contributed by atoms with Gasteiger partial charge in [0.15, 0.2) is 0 Å². The van der Waals surface area contributed by atoms with Crippen molar-refractivity contribution < 1.29 is 16.8 Å². The van der Waals surface area contributed by atoms with Crippen LogP contribution in [0.25, 0.3) is 5.52 Å². The first-order chi connectivity index (χ1) is 11.8. The summed E-state index contributed by atoms with van der Waals surface area (Å²) < 4.78 is 55.5. The fraction of sp³-hybridized carbons (Fsp3) is 0.154. The van der Waals surface area contributed by atoms with Crippen molar-refractivity contribution >= 4 is 58.5 Å². The van der Waals surface area contributed by atoms with Gasteiger partial charge in [-0.1, -0.05) is 0 Å². The normalized spacial score (nSPS) is 12.5. The average Bonchev–Trinajstić information content (AvgIpc) is 3.14. The average molecular weight is 465 g/mol. The number of pyridine rings is 1. The van der Waals surface area contributed by atoms with Gasteiger partial charge in [-0.15, -0.1) is 11.3 Å². The van der Waals surface area contributed by atoms with Crippen molar-refractivity contribution in [2.24, 2.45) is 0 Å². The minimum absolute atomic E-state index is 0.121. The maximum absolute atomic E-state index is 12.1. The molecule has 0 saturated carbocycles. The summed E-state index contributed by atoms with van der Waals surface area (Å²) in [6.07, 6.45) is 3.23. The Kier molecular flexibility index (Phi) is 5.16. The van der Waals surface area contributed by atoms with Crippen molar-refractivity contribution in [2.45, 2.75) is 4.21 Å². The van der Waals surface area contributed by atoms with Crippen LogP contribution in [-0.4, -0.2) is 38.7 Å². The molecule has 2 N–H and O–H groups in total. The first-order valence-electron chi connectivity index (χ1n) is 6.94. The van der Waals surface area contributed by atoms with Crippen molar-refractivity contribution in [2.75, 3.05) is 17.0 Å². The van der Waals surface area contributed by atoms with Gasteiger partial charge in [-0.3, -0.25) is 4.72 Å². The summed E-state index contributed by atoms with van der Waals surface area (Å²) in [5.74, 6) is -0.386. The van der Waals surface area contributed by atoms with E-state index < -0.39 is 20.0 Å². The number of fused-ring (bicyclic) bond motifs is 1. The largest absolute Gasteiger partial charge is 0.283 e. The molecule has 0 radical (unpaired) electrons. The standard InChI is InChI=1S/C13H13BrN4O4S3/c14-12-1-2-13(23-12)25(21,22)16-6-8-24(19,20)17-10-4-7-18-11(9-10)3-5-15-18/h1-5,7,9,16-17H,6,8H2. The summed E-state index contributed by atoms with van der Waals surface area (Å²) in [7, 11) is -7.42. The van der Waals surface area contributed by atoms with Crippen LogP contribution in [0.4, 0.5) is 5.69 Å². The van der Waals surface area contributed by atoms with E-state index in [0.717, 1.165) is 16.9 Å². The van der Waals surface area contributed by atoms with Gasteiger partial charge in [0.05, 0.1) is 20.7 Å². The molecule has 0 aromatic carbocycles. The van der Waals surface area contributed by atoms with Gasteiger partial charge in [0.1, 0.15) is 4.21 Å². The summed E-state index contributed by atoms with van der Waals surface area (Å²) in [6, 6.07) is 8.02. The molecular weight excluding hydrogens is 452 g/mol. The minimum Gasteiger partial charge on any atom is -0.283 e. The van der Waals surface area contributed by atoms with E-state index >= 15 is 0 Å². The molecule has 0 bridgehead atoms. The monoisotopic (exact) mass is 464 g/mol. The highest BCUT2D eigenvalue weighted by molar-refractivity contribution is 9.11. The molecule has 134 valence electrons. The first kappa shape index (κ1) is 18.3. The second-order valence-corrected chi connectivity index (χ2v) is 11.3. The van der Waals surface area contributed by atoms with Crippen LogP contribution < -0.4 is 9.44 Å². The van der Waals surface area contributed by atoms with Crippen LogP contribution in [0.2, 0.25) is 0 Å². The molecule has 3 heterocycles. The van der Waals surface area contributed by atoms with E-state index in [2.05, 4.69) is 30.5 Å². The second-order valence-electron chi connectivity index (χ2n) is 4.99. The van der Waals surface area contributed by atoms with E-state index in [9.17, 15) is 16.8 Å². The molecule has 8 nitrogen and oxygen atoms in total. The van der Waals surface area contributed by atoms with Crippen molar-refractivity contribution in [1.29, 1.82) is 0 Å². The van der Waals surface area contributed by atoms with Gasteiger partial charge in [-0.2, -0.15) is 5.10 Å². The van der Waals surface area contributed by atoms with Crippen LogP contribution >= 0.6 is 27.3 Å². The number of rotatable bonds is 7. The van der Waals surface area contributed by atoms with Crippen molar-refractivity contribution in [1.82, 2.24) is 14.3 Å². The molecule has 0 spiro atoms. The second kappa shape index (κ2) is 7.03. The van der Waals surface area contributed by atoms with Gasteiger partial charge in [0.25, 0.3) is 0 Å². The molecule has 0 unspecified atom stereocenters. The third kappa shape index (κ3) is 4.58. The van der Waals surface area contributed by atoms with Gasteiger partial charge >= 0.3 is 0 Å². The highest BCUT2D eigenvalue weighted by Gasteiger charge is 2.18. The lowest BCUT2D eigenvalue weighted by Crippen LogP contribution is -2.30. The highest BCUT2D eigenvalue weighted by atomic mass is 79.9. The molecule has 0 atom stereocenters. The Hall–Kier alpha value is -1.47. The number of nitrogens with zero attached hydrogens (tertiary/aromatic N) is 2. The molecule has 0 aliphatic carbocycles. The number of thiophene rings is 1. The van der Waals surface area contributed by atoms with Crippen molar-refractivity contribution in [3.8, 4) is 0 Å². The predicted octanol–water partition coefficient (Wildman–Crippen LogP) is 1.88. The Labute approximate surface area is 157 Å². The van der Waals surface area contributed by atoms with Gasteiger partial charge in [-0.05, 0) is 46.3 Å². The van der Waals surface area contributed by atoms with Crippen molar-refractivity contribution in [3.05, 3.63) is 46.5 Å². The van der Waals surface area contributed by atoms with E-state index in [1.165, 1.54) is 6.07 Å². The third-order valence-corrected chi connectivity index (χ3v) is 8.01. The zero-order valence-electron chi connectivity index (χ0n) is 12.6. The van der Waals surface area contributed by atoms with E-state index in [1.807, 2.05) is 0 Å². The fourth-order valence-electron chi connectivity index (χ4n) is 2.04. The summed E-state index contributed by atoms with van der Waals surface area (Å²) in [5.41, 5.74) is 1.13. The van der Waals surface area contributed by atoms with Crippen LogP contribution in [0.15, 0.2) is 50.7 Å². The quantitative estimate of drug-likeness (QED) is 0.554. The van der Waals surface area contributed by atoms with E-state index in [4.69, 9.17) is 0 Å². The van der Waals surface area contributed by atoms with Gasteiger partial charge in [-0.25, -0.2) is 26.1 Å². The number of hydrogen-bond acceptors (Lipinski definition) is 6. The van der Waals surface area contributed by atoms with E-state index in [-0.39, 0.29) is 16.5 Å². The third-order valence-electron chi connectivity index (χ3n) is 3.15. The lowest BCUT2D eigenvalue weighted by molar-refractivity contribution is 0.584. The molecule has 0 saturated heterocycles. The lowest BCUT2D eigenvalue weighted by Gasteiger charge is -2.09. The summed E-state index contributed by atoms with van der Waals surface area (Å²) in [5, 5.41) is 4.02. The van der Waals surface area contributed by atoms with Gasteiger partial charge in [0.2, 0.25) is 20.0 Å². The number of aromatic nitrogens is 2. The van der Waals surface area contributed by atoms with E-state index in [1.54, 1.807) is 41.2 Å². The van der Waals surface area contributed by atoms with Crippen LogP contribution in [0.3, 0.4) is 0 Å². The number of hydrogen-bond donors (Lipinski definition) is 2. The predicted molar refractivity (Wildman–Crippen MR) is 99.8 cm³/mol. The Morgan fingerprint density at radius 2 is 1.96 bits per heavy atom. The maximum Gasteiger partial charge on any atom is 0.250 e. The number of halogens is 1. The van der Waals surface area contributed by atoms with Crippen LogP contribution in [0, 0.1) is 0 Å². The van der Waals surface area contributed by atoms with Crippen LogP contribution in [0.5, 0.6) is 0 Å². The molecule has 0 aliphatic heterocycles. The molecule has 0 aliphatic rings. The highest BCUT2D eigenvalue weighted by Crippen LogP contribution is 2.25. The Morgan fingerprint density at radius 1 is 1.16 bits per heavy atom. The molecule has 12 heteroatoms. The SMILES string of the molecule is O=S(=O)(CCNS(=O)(=O)c1ccc(Br)s1)Nc1ccn2nccc2c1. The van der Waals surface area contributed by atoms with E-state index in [0.29, 0.717) is 9.47 Å². The Morgan fingerprint density at radius 3 is 2.68 bits per heavy atom. The van der Waals surface area contributed by atoms with Gasteiger partial charge < -0.3 is 0 Å². The summed E-state index contributed by atoms with van der Waals surface area (Å²) in [4.78, 5) is 0. The molecule has 3 aromatic rings. The summed E-state index contributed by atoms with van der Waals surface area (Å²) >= 11 is 4.24. The zero-order chi connectivity index (χ0) is 18.1. The molecular formula is C13H13BrN4O4S3. The van der Waals surface area contributed by atoms with Crippen LogP contribution in [-0.2, 0) is 20.0 Å². The zero-order valence-corrected chi connectivity index (χ0v) is 16.6. The molecule has 0 fully saturated rings. The lowest BCUT2D eigenvalue weighted by atomic mass is 10.4. The first-order valence-corrected chi connectivity index (χ1v) is 11.7.